The lowest BCUT2D eigenvalue weighted by atomic mass is 9.80. The van der Waals surface area contributed by atoms with Gasteiger partial charge in [0.2, 0.25) is 5.95 Å². The summed E-state index contributed by atoms with van der Waals surface area (Å²) in [5, 5.41) is 0. The first-order chi connectivity index (χ1) is 13.3. The van der Waals surface area contributed by atoms with Crippen LogP contribution >= 0.6 is 0 Å². The first-order valence-electron chi connectivity index (χ1n) is 9.90. The zero-order valence-electron chi connectivity index (χ0n) is 18.2. The van der Waals surface area contributed by atoms with Crippen LogP contribution in [-0.2, 0) is 18.8 Å². The average Bonchev–Trinajstić information content (AvgIpc) is 2.81. The van der Waals surface area contributed by atoms with Crippen molar-refractivity contribution >= 4 is 18.7 Å². The Bertz CT molecular complexity index is 765. The number of hydrogen-bond donors (Lipinski definition) is 0. The molecule has 9 heteroatoms. The first-order valence-corrected chi connectivity index (χ1v) is 9.90. The minimum atomic E-state index is -0.827. The van der Waals surface area contributed by atoms with Gasteiger partial charge >= 0.3 is 13.2 Å². The molecule has 0 spiro atoms. The minimum Gasteiger partial charge on any atom is -0.444 e. The molecule has 1 unspecified atom stereocenters. The first kappa shape index (κ1) is 22.0. The number of ether oxygens (including phenoxy) is 2. The van der Waals surface area contributed by atoms with E-state index < -0.39 is 42.1 Å². The van der Waals surface area contributed by atoms with E-state index in [0.29, 0.717) is 18.8 Å². The second-order valence-corrected chi connectivity index (χ2v) is 9.49. The number of amides is 1. The van der Waals surface area contributed by atoms with Crippen molar-refractivity contribution in [2.75, 3.05) is 19.7 Å². The molecule has 1 atom stereocenters. The molecular weight excluding hydrogens is 378 g/mol. The summed E-state index contributed by atoms with van der Waals surface area (Å²) >= 11 is 0. The number of pyridine rings is 1. The van der Waals surface area contributed by atoms with E-state index in [-0.39, 0.29) is 12.0 Å². The van der Waals surface area contributed by atoms with Gasteiger partial charge in [0.15, 0.2) is 0 Å². The summed E-state index contributed by atoms with van der Waals surface area (Å²) in [4.78, 5) is 18.0. The van der Waals surface area contributed by atoms with Crippen molar-refractivity contribution in [2.24, 2.45) is 0 Å². The number of nitrogens with zero attached hydrogens (tertiary/aromatic N) is 2. The smallest absolute Gasteiger partial charge is 0.444 e. The second kappa shape index (κ2) is 7.52. The molecule has 2 fully saturated rings. The summed E-state index contributed by atoms with van der Waals surface area (Å²) in [6.07, 6.45) is -0.946. The fourth-order valence-corrected chi connectivity index (χ4v) is 3.10. The predicted octanol–water partition coefficient (Wildman–Crippen LogP) is 2.83. The summed E-state index contributed by atoms with van der Waals surface area (Å²) in [6, 6.07) is 3.29. The Morgan fingerprint density at radius 3 is 2.41 bits per heavy atom. The fourth-order valence-electron chi connectivity index (χ4n) is 3.10. The van der Waals surface area contributed by atoms with Crippen LogP contribution in [-0.4, -0.2) is 59.6 Å². The molecule has 0 radical (unpaired) electrons. The van der Waals surface area contributed by atoms with Crippen molar-refractivity contribution in [1.82, 2.24) is 9.88 Å². The molecule has 0 N–H and O–H groups in total. The number of carbonyl (C=O) groups excluding carboxylic acids is 1. The Hall–Kier alpha value is -1.71. The van der Waals surface area contributed by atoms with Gasteiger partial charge in [-0.05, 0) is 54.5 Å². The molecule has 1 aromatic rings. The molecule has 2 aliphatic heterocycles. The Morgan fingerprint density at radius 2 is 1.86 bits per heavy atom. The molecule has 2 saturated heterocycles. The molecule has 0 aliphatic carbocycles. The molecule has 2 aliphatic rings. The largest absolute Gasteiger partial charge is 0.499 e. The van der Waals surface area contributed by atoms with Gasteiger partial charge in [-0.2, -0.15) is 4.39 Å². The van der Waals surface area contributed by atoms with Gasteiger partial charge in [0.1, 0.15) is 11.7 Å². The zero-order chi connectivity index (χ0) is 21.6. The van der Waals surface area contributed by atoms with E-state index in [1.165, 1.54) is 0 Å². The van der Waals surface area contributed by atoms with Gasteiger partial charge in [0.25, 0.3) is 0 Å². The van der Waals surface area contributed by atoms with Gasteiger partial charge < -0.3 is 23.7 Å². The van der Waals surface area contributed by atoms with E-state index in [4.69, 9.17) is 18.8 Å². The maximum Gasteiger partial charge on any atom is 0.499 e. The highest BCUT2D eigenvalue weighted by atomic mass is 19.1. The third-order valence-corrected chi connectivity index (χ3v) is 5.45. The Morgan fingerprint density at radius 1 is 1.24 bits per heavy atom. The van der Waals surface area contributed by atoms with Crippen LogP contribution in [0.5, 0.6) is 0 Å². The monoisotopic (exact) mass is 408 g/mol. The topological polar surface area (TPSA) is 70.1 Å². The maximum atomic E-state index is 14.8. The van der Waals surface area contributed by atoms with Crippen molar-refractivity contribution in [3.8, 4) is 0 Å². The summed E-state index contributed by atoms with van der Waals surface area (Å²) in [5.41, 5.74) is -1.06. The molecule has 160 valence electrons. The van der Waals surface area contributed by atoms with E-state index in [1.807, 2.05) is 48.5 Å². The van der Waals surface area contributed by atoms with Crippen molar-refractivity contribution in [2.45, 2.75) is 71.4 Å². The number of rotatable bonds is 2. The maximum absolute atomic E-state index is 14.8. The second-order valence-electron chi connectivity index (χ2n) is 9.49. The van der Waals surface area contributed by atoms with Crippen LogP contribution in [0.4, 0.5) is 9.18 Å². The summed E-state index contributed by atoms with van der Waals surface area (Å²) in [5.74, 6) is -0.668. The van der Waals surface area contributed by atoms with Crippen LogP contribution in [0, 0.1) is 5.95 Å². The average molecular weight is 408 g/mol. The number of morpholine rings is 1. The van der Waals surface area contributed by atoms with Crippen LogP contribution in [0.1, 0.15) is 60.3 Å². The standard InChI is InChI=1S/C20H30BFN2O5/c1-18(2,3)27-17(25)24-10-11-26-15(12-24)14-9-8-13(16(22)23-14)21-28-19(4,5)20(6,7)29-21/h8-9,15H,10-12H2,1-7H3. The molecule has 0 saturated carbocycles. The molecule has 3 rings (SSSR count). The Kier molecular flexibility index (Phi) is 5.70. The highest BCUT2D eigenvalue weighted by Gasteiger charge is 2.52. The summed E-state index contributed by atoms with van der Waals surface area (Å²) < 4.78 is 37.8. The molecule has 1 amide bonds. The SMILES string of the molecule is CC(C)(C)OC(=O)N1CCOC(c2ccc(B3OC(C)(C)C(C)(C)O3)c(F)n2)C1. The number of hydrogen-bond acceptors (Lipinski definition) is 6. The highest BCUT2D eigenvalue weighted by molar-refractivity contribution is 6.62. The lowest BCUT2D eigenvalue weighted by molar-refractivity contribution is -0.0448. The lowest BCUT2D eigenvalue weighted by Crippen LogP contribution is -2.45. The molecule has 0 aromatic carbocycles. The molecule has 29 heavy (non-hydrogen) atoms. The predicted molar refractivity (Wildman–Crippen MR) is 106 cm³/mol. The minimum absolute atomic E-state index is 0.243. The van der Waals surface area contributed by atoms with E-state index >= 15 is 0 Å². The van der Waals surface area contributed by atoms with Gasteiger partial charge in [0, 0.05) is 12.0 Å². The van der Waals surface area contributed by atoms with Crippen molar-refractivity contribution in [3.05, 3.63) is 23.8 Å². The fraction of sp³-hybridized carbons (Fsp3) is 0.700. The van der Waals surface area contributed by atoms with Crippen molar-refractivity contribution in [1.29, 1.82) is 0 Å². The van der Waals surface area contributed by atoms with Crippen LogP contribution in [0.2, 0.25) is 0 Å². The van der Waals surface area contributed by atoms with Crippen LogP contribution in [0.15, 0.2) is 12.1 Å². The zero-order valence-corrected chi connectivity index (χ0v) is 18.2. The van der Waals surface area contributed by atoms with E-state index in [2.05, 4.69) is 4.98 Å². The molecule has 7 nitrogen and oxygen atoms in total. The van der Waals surface area contributed by atoms with Crippen molar-refractivity contribution in [3.63, 3.8) is 0 Å². The van der Waals surface area contributed by atoms with Gasteiger partial charge in [-0.15, -0.1) is 0 Å². The van der Waals surface area contributed by atoms with E-state index in [1.54, 1.807) is 17.0 Å². The number of halogens is 1. The van der Waals surface area contributed by atoms with Crippen LogP contribution < -0.4 is 5.46 Å². The quantitative estimate of drug-likeness (QED) is 0.554. The highest BCUT2D eigenvalue weighted by Crippen LogP contribution is 2.36. The number of carbonyl (C=O) groups is 1. The van der Waals surface area contributed by atoms with Gasteiger partial charge in [0.05, 0.1) is 30.0 Å². The Labute approximate surface area is 172 Å². The molecular formula is C20H30BFN2O5. The summed E-state index contributed by atoms with van der Waals surface area (Å²) in [7, 11) is -0.827. The lowest BCUT2D eigenvalue weighted by Gasteiger charge is -2.34. The normalized spacial score (nSPS) is 23.9. The van der Waals surface area contributed by atoms with Gasteiger partial charge in [-0.1, -0.05) is 6.07 Å². The molecule has 1 aromatic heterocycles. The third-order valence-electron chi connectivity index (χ3n) is 5.45. The molecule has 0 bridgehead atoms. The van der Waals surface area contributed by atoms with Crippen molar-refractivity contribution < 1.29 is 28.0 Å². The Balaban J connectivity index is 1.73. The molecule has 3 heterocycles. The van der Waals surface area contributed by atoms with Gasteiger partial charge in [-0.3, -0.25) is 0 Å². The number of aromatic nitrogens is 1. The summed E-state index contributed by atoms with van der Waals surface area (Å²) in [6.45, 7) is 14.1. The van der Waals surface area contributed by atoms with Gasteiger partial charge in [-0.25, -0.2) is 9.78 Å². The van der Waals surface area contributed by atoms with Crippen LogP contribution in [0.3, 0.4) is 0 Å². The van der Waals surface area contributed by atoms with E-state index in [0.717, 1.165) is 0 Å². The van der Waals surface area contributed by atoms with Crippen LogP contribution in [0.25, 0.3) is 0 Å². The van der Waals surface area contributed by atoms with E-state index in [9.17, 15) is 9.18 Å². The third kappa shape index (κ3) is 4.73.